The molecule has 0 saturated heterocycles. The lowest BCUT2D eigenvalue weighted by Gasteiger charge is -2.06. The highest BCUT2D eigenvalue weighted by molar-refractivity contribution is 6.34. The molecule has 1 amide bonds. The van der Waals surface area contributed by atoms with Crippen LogP contribution in [0.2, 0.25) is 5.02 Å². The second-order valence-corrected chi connectivity index (χ2v) is 4.01. The molecule has 2 rings (SSSR count). The maximum atomic E-state index is 11.9. The molecule has 92 valence electrons. The number of nitrogens with one attached hydrogen (secondary N) is 1. The summed E-state index contributed by atoms with van der Waals surface area (Å²) < 4.78 is 0. The molecule has 0 spiro atoms. The van der Waals surface area contributed by atoms with E-state index in [9.17, 15) is 4.79 Å². The van der Waals surface area contributed by atoms with Crippen molar-refractivity contribution in [3.8, 4) is 0 Å². The molecular formula is C13H11ClN2O2. The van der Waals surface area contributed by atoms with Crippen molar-refractivity contribution in [2.24, 2.45) is 0 Å². The van der Waals surface area contributed by atoms with Crippen LogP contribution in [0, 0.1) is 0 Å². The molecule has 18 heavy (non-hydrogen) atoms. The summed E-state index contributed by atoms with van der Waals surface area (Å²) in [7, 11) is 0. The van der Waals surface area contributed by atoms with Gasteiger partial charge in [0, 0.05) is 0 Å². The predicted octanol–water partition coefficient (Wildman–Crippen LogP) is 2.48. The molecule has 4 nitrogen and oxygen atoms in total. The van der Waals surface area contributed by atoms with Crippen molar-refractivity contribution in [1.29, 1.82) is 0 Å². The third-order valence-corrected chi connectivity index (χ3v) is 2.66. The number of pyridine rings is 1. The SMILES string of the molecule is O=C(Nc1cccc(CO)n1)c1ccccc1Cl. The first kappa shape index (κ1) is 12.5. The summed E-state index contributed by atoms with van der Waals surface area (Å²) in [6.07, 6.45) is 0. The summed E-state index contributed by atoms with van der Waals surface area (Å²) >= 11 is 5.92. The van der Waals surface area contributed by atoms with Crippen LogP contribution in [-0.2, 0) is 6.61 Å². The van der Waals surface area contributed by atoms with Gasteiger partial charge in [0.25, 0.3) is 5.91 Å². The van der Waals surface area contributed by atoms with Crippen LogP contribution >= 0.6 is 11.6 Å². The highest BCUT2D eigenvalue weighted by Gasteiger charge is 2.10. The van der Waals surface area contributed by atoms with Crippen LogP contribution in [-0.4, -0.2) is 16.0 Å². The minimum absolute atomic E-state index is 0.171. The van der Waals surface area contributed by atoms with Crippen molar-refractivity contribution in [2.45, 2.75) is 6.61 Å². The number of anilines is 1. The van der Waals surface area contributed by atoms with E-state index in [1.54, 1.807) is 42.5 Å². The quantitative estimate of drug-likeness (QED) is 0.893. The van der Waals surface area contributed by atoms with E-state index in [4.69, 9.17) is 16.7 Å². The van der Waals surface area contributed by atoms with Gasteiger partial charge in [-0.2, -0.15) is 0 Å². The van der Waals surface area contributed by atoms with E-state index < -0.39 is 0 Å². The lowest BCUT2D eigenvalue weighted by Crippen LogP contribution is -2.13. The maximum Gasteiger partial charge on any atom is 0.258 e. The van der Waals surface area contributed by atoms with Gasteiger partial charge in [0.05, 0.1) is 22.9 Å². The molecule has 0 saturated carbocycles. The smallest absolute Gasteiger partial charge is 0.258 e. The Bertz CT molecular complexity index is 572. The van der Waals surface area contributed by atoms with E-state index in [-0.39, 0.29) is 12.5 Å². The number of nitrogens with zero attached hydrogens (tertiary/aromatic N) is 1. The van der Waals surface area contributed by atoms with Crippen LogP contribution in [0.4, 0.5) is 5.82 Å². The number of carbonyl (C=O) groups is 1. The summed E-state index contributed by atoms with van der Waals surface area (Å²) in [5, 5.41) is 12.0. The van der Waals surface area contributed by atoms with E-state index in [1.807, 2.05) is 0 Å². The summed E-state index contributed by atoms with van der Waals surface area (Å²) in [6, 6.07) is 11.8. The van der Waals surface area contributed by atoms with E-state index in [2.05, 4.69) is 10.3 Å². The van der Waals surface area contributed by atoms with Gasteiger partial charge in [0.15, 0.2) is 0 Å². The number of carbonyl (C=O) groups excluding carboxylic acids is 1. The molecule has 0 bridgehead atoms. The molecule has 1 aromatic heterocycles. The van der Waals surface area contributed by atoms with Crippen LogP contribution in [0.1, 0.15) is 16.1 Å². The van der Waals surface area contributed by atoms with Crippen LogP contribution in [0.5, 0.6) is 0 Å². The van der Waals surface area contributed by atoms with E-state index in [1.165, 1.54) is 0 Å². The first-order valence-electron chi connectivity index (χ1n) is 5.33. The van der Waals surface area contributed by atoms with Gasteiger partial charge in [0.1, 0.15) is 5.82 Å². The molecule has 0 radical (unpaired) electrons. The van der Waals surface area contributed by atoms with Crippen molar-refractivity contribution in [2.75, 3.05) is 5.32 Å². The van der Waals surface area contributed by atoms with Crippen molar-refractivity contribution < 1.29 is 9.90 Å². The summed E-state index contributed by atoms with van der Waals surface area (Å²) in [5.41, 5.74) is 0.877. The predicted molar refractivity (Wildman–Crippen MR) is 69.6 cm³/mol. The van der Waals surface area contributed by atoms with Crippen LogP contribution < -0.4 is 5.32 Å². The fraction of sp³-hybridized carbons (Fsp3) is 0.0769. The number of hydrogen-bond donors (Lipinski definition) is 2. The average Bonchev–Trinajstić information content (AvgIpc) is 2.39. The van der Waals surface area contributed by atoms with E-state index in [0.717, 1.165) is 0 Å². The van der Waals surface area contributed by atoms with Crippen molar-refractivity contribution in [3.63, 3.8) is 0 Å². The third-order valence-electron chi connectivity index (χ3n) is 2.33. The zero-order valence-electron chi connectivity index (χ0n) is 9.43. The highest BCUT2D eigenvalue weighted by atomic mass is 35.5. The Morgan fingerprint density at radius 3 is 2.72 bits per heavy atom. The van der Waals surface area contributed by atoms with Crippen molar-refractivity contribution in [3.05, 3.63) is 58.7 Å². The second kappa shape index (κ2) is 5.62. The van der Waals surface area contributed by atoms with Crippen LogP contribution in [0.3, 0.4) is 0 Å². The van der Waals surface area contributed by atoms with Gasteiger partial charge in [-0.15, -0.1) is 0 Å². The van der Waals surface area contributed by atoms with Gasteiger partial charge in [0.2, 0.25) is 0 Å². The number of aliphatic hydroxyl groups excluding tert-OH is 1. The molecule has 5 heteroatoms. The molecule has 0 aliphatic carbocycles. The number of benzene rings is 1. The van der Waals surface area contributed by atoms with Gasteiger partial charge in [-0.25, -0.2) is 4.98 Å². The molecular weight excluding hydrogens is 252 g/mol. The number of halogens is 1. The lowest BCUT2D eigenvalue weighted by molar-refractivity contribution is 0.102. The Hall–Kier alpha value is -1.91. The number of hydrogen-bond acceptors (Lipinski definition) is 3. The topological polar surface area (TPSA) is 62.2 Å². The Balaban J connectivity index is 2.19. The zero-order valence-corrected chi connectivity index (χ0v) is 10.2. The van der Waals surface area contributed by atoms with Gasteiger partial charge < -0.3 is 10.4 Å². The summed E-state index contributed by atoms with van der Waals surface area (Å²) in [6.45, 7) is -0.171. The minimum Gasteiger partial charge on any atom is -0.390 e. The largest absolute Gasteiger partial charge is 0.390 e. The van der Waals surface area contributed by atoms with Crippen LogP contribution in [0.25, 0.3) is 0 Å². The molecule has 0 aliphatic heterocycles. The molecule has 1 heterocycles. The fourth-order valence-electron chi connectivity index (χ4n) is 1.47. The maximum absolute atomic E-state index is 11.9. The van der Waals surface area contributed by atoms with Gasteiger partial charge >= 0.3 is 0 Å². The molecule has 0 fully saturated rings. The Morgan fingerprint density at radius 2 is 2.00 bits per heavy atom. The Labute approximate surface area is 109 Å². The number of aliphatic hydroxyl groups is 1. The minimum atomic E-state index is -0.330. The average molecular weight is 263 g/mol. The Morgan fingerprint density at radius 1 is 1.22 bits per heavy atom. The molecule has 0 unspecified atom stereocenters. The highest BCUT2D eigenvalue weighted by Crippen LogP contribution is 2.16. The van der Waals surface area contributed by atoms with Crippen molar-refractivity contribution in [1.82, 2.24) is 4.98 Å². The molecule has 2 aromatic rings. The summed E-state index contributed by atoms with van der Waals surface area (Å²) in [5.74, 6) is 0.0506. The van der Waals surface area contributed by atoms with Crippen LogP contribution in [0.15, 0.2) is 42.5 Å². The molecule has 0 atom stereocenters. The lowest BCUT2D eigenvalue weighted by atomic mass is 10.2. The van der Waals surface area contributed by atoms with Gasteiger partial charge in [-0.05, 0) is 24.3 Å². The first-order chi connectivity index (χ1) is 8.70. The monoisotopic (exact) mass is 262 g/mol. The number of amides is 1. The fourth-order valence-corrected chi connectivity index (χ4v) is 1.69. The van der Waals surface area contributed by atoms with E-state index in [0.29, 0.717) is 22.1 Å². The molecule has 2 N–H and O–H groups in total. The normalized spacial score (nSPS) is 10.1. The molecule has 1 aromatic carbocycles. The summed E-state index contributed by atoms with van der Waals surface area (Å²) in [4.78, 5) is 16.0. The van der Waals surface area contributed by atoms with Gasteiger partial charge in [-0.3, -0.25) is 4.79 Å². The van der Waals surface area contributed by atoms with Crippen molar-refractivity contribution >= 4 is 23.3 Å². The second-order valence-electron chi connectivity index (χ2n) is 3.61. The van der Waals surface area contributed by atoms with E-state index >= 15 is 0 Å². The molecule has 0 aliphatic rings. The van der Waals surface area contributed by atoms with Gasteiger partial charge in [-0.1, -0.05) is 29.8 Å². The Kier molecular flexibility index (Phi) is 3.92. The third kappa shape index (κ3) is 2.85. The zero-order chi connectivity index (χ0) is 13.0. The standard InChI is InChI=1S/C13H11ClN2O2/c14-11-6-2-1-5-10(11)13(18)16-12-7-3-4-9(8-17)15-12/h1-7,17H,8H2,(H,15,16,18). The number of aromatic nitrogens is 1. The number of rotatable bonds is 3. The first-order valence-corrected chi connectivity index (χ1v) is 5.71.